The van der Waals surface area contributed by atoms with Crippen molar-refractivity contribution in [2.24, 2.45) is 0 Å². The molecule has 3 aromatic rings. The molecule has 1 aromatic carbocycles. The van der Waals surface area contributed by atoms with Crippen LogP contribution in [0.4, 0.5) is 5.69 Å². The van der Waals surface area contributed by atoms with Gasteiger partial charge in [0.05, 0.1) is 11.1 Å². The Balaban J connectivity index is 1.69. The Morgan fingerprint density at radius 3 is 2.85 bits per heavy atom. The maximum absolute atomic E-state index is 12.1. The number of anilines is 1. The lowest BCUT2D eigenvalue weighted by Gasteiger charge is -2.07. The summed E-state index contributed by atoms with van der Waals surface area (Å²) in [6.45, 7) is 1.27. The van der Waals surface area contributed by atoms with Gasteiger partial charge in [0, 0.05) is 12.3 Å². The number of aryl methyl sites for hydroxylation is 1. The molecule has 0 aliphatic carbocycles. The van der Waals surface area contributed by atoms with Gasteiger partial charge in [-0.15, -0.1) is 0 Å². The number of nitrogens with zero attached hydrogens (tertiary/aromatic N) is 1. The largest absolute Gasteiger partial charge is 0.450 e. The summed E-state index contributed by atoms with van der Waals surface area (Å²) in [5, 5.41) is 2.94. The van der Waals surface area contributed by atoms with Crippen LogP contribution < -0.4 is 10.7 Å². The van der Waals surface area contributed by atoms with E-state index >= 15 is 0 Å². The van der Waals surface area contributed by atoms with Gasteiger partial charge in [0.25, 0.3) is 5.91 Å². The molecule has 0 aliphatic rings. The average molecular weight is 373 g/mol. The lowest BCUT2D eigenvalue weighted by atomic mass is 10.1. The van der Waals surface area contributed by atoms with Gasteiger partial charge in [-0.25, -0.2) is 9.78 Å². The Morgan fingerprint density at radius 2 is 2.08 bits per heavy atom. The highest BCUT2D eigenvalue weighted by molar-refractivity contribution is 6.32. The Labute approximate surface area is 152 Å². The summed E-state index contributed by atoms with van der Waals surface area (Å²) < 4.78 is 10.3. The predicted molar refractivity (Wildman–Crippen MR) is 95.4 cm³/mol. The number of rotatable bonds is 4. The Bertz CT molecular complexity index is 1060. The fraction of sp³-hybridized carbons (Fsp3) is 0.111. The highest BCUT2D eigenvalue weighted by Crippen LogP contribution is 2.17. The molecule has 0 radical (unpaired) electrons. The minimum atomic E-state index is -0.919. The number of aromatic nitrogens is 1. The molecule has 0 unspecified atom stereocenters. The topological polar surface area (TPSA) is 98.5 Å². The van der Waals surface area contributed by atoms with Gasteiger partial charge in [-0.2, -0.15) is 0 Å². The molecule has 3 rings (SSSR count). The number of pyridine rings is 1. The number of carbonyl (C=O) groups excluding carboxylic acids is 2. The molecule has 26 heavy (non-hydrogen) atoms. The van der Waals surface area contributed by atoms with Crippen LogP contribution in [0.2, 0.25) is 5.15 Å². The van der Waals surface area contributed by atoms with E-state index in [2.05, 4.69) is 10.3 Å². The second-order valence-electron chi connectivity index (χ2n) is 5.44. The minimum absolute atomic E-state index is 0.114. The van der Waals surface area contributed by atoms with Gasteiger partial charge in [-0.3, -0.25) is 9.59 Å². The third kappa shape index (κ3) is 3.89. The summed E-state index contributed by atoms with van der Waals surface area (Å²) in [6, 6.07) is 9.21. The van der Waals surface area contributed by atoms with Crippen LogP contribution >= 0.6 is 11.6 Å². The number of carbonyl (C=O) groups is 2. The molecule has 8 heteroatoms. The number of amides is 1. The molecule has 1 N–H and O–H groups in total. The van der Waals surface area contributed by atoms with E-state index in [-0.39, 0.29) is 21.9 Å². The Kier molecular flexibility index (Phi) is 4.99. The molecule has 1 amide bonds. The van der Waals surface area contributed by atoms with E-state index in [1.165, 1.54) is 6.20 Å². The maximum Gasteiger partial charge on any atom is 0.374 e. The standard InChI is InChI=1S/C18H13ClN2O5/c1-10-4-5-14-11(7-10)13(22)8-15(26-14)18(24)25-9-16(23)21-12-3-2-6-20-17(12)19/h2-8H,9H2,1H3,(H,21,23). The molecule has 2 aromatic heterocycles. The smallest absolute Gasteiger partial charge is 0.374 e. The highest BCUT2D eigenvalue weighted by Gasteiger charge is 2.16. The van der Waals surface area contributed by atoms with Crippen molar-refractivity contribution in [2.75, 3.05) is 11.9 Å². The second kappa shape index (κ2) is 7.37. The molecule has 2 heterocycles. The first-order valence-electron chi connectivity index (χ1n) is 7.56. The number of benzene rings is 1. The molecule has 0 atom stereocenters. The molecule has 0 fully saturated rings. The summed E-state index contributed by atoms with van der Waals surface area (Å²) >= 11 is 5.83. The zero-order valence-corrected chi connectivity index (χ0v) is 14.4. The summed E-state index contributed by atoms with van der Waals surface area (Å²) in [5.41, 5.74) is 1.09. The first-order chi connectivity index (χ1) is 12.4. The summed E-state index contributed by atoms with van der Waals surface area (Å²) in [5.74, 6) is -1.80. The van der Waals surface area contributed by atoms with Gasteiger partial charge in [0.15, 0.2) is 17.2 Å². The van der Waals surface area contributed by atoms with Gasteiger partial charge >= 0.3 is 5.97 Å². The van der Waals surface area contributed by atoms with Crippen molar-refractivity contribution in [3.8, 4) is 0 Å². The third-order valence-corrected chi connectivity index (χ3v) is 3.75. The van der Waals surface area contributed by atoms with Crippen molar-refractivity contribution >= 4 is 40.1 Å². The third-order valence-electron chi connectivity index (χ3n) is 3.45. The van der Waals surface area contributed by atoms with Crippen LogP contribution in [0.15, 0.2) is 51.8 Å². The number of hydrogen-bond acceptors (Lipinski definition) is 6. The summed E-state index contributed by atoms with van der Waals surface area (Å²) in [4.78, 5) is 39.8. The van der Waals surface area contributed by atoms with Crippen molar-refractivity contribution in [3.05, 3.63) is 69.3 Å². The van der Waals surface area contributed by atoms with E-state index < -0.39 is 18.5 Å². The highest BCUT2D eigenvalue weighted by atomic mass is 35.5. The van der Waals surface area contributed by atoms with Crippen LogP contribution in [0.25, 0.3) is 11.0 Å². The van der Waals surface area contributed by atoms with Gasteiger partial charge in [0.1, 0.15) is 5.58 Å². The summed E-state index contributed by atoms with van der Waals surface area (Å²) in [6.07, 6.45) is 1.47. The van der Waals surface area contributed by atoms with E-state index in [0.717, 1.165) is 11.6 Å². The maximum atomic E-state index is 12.1. The molecule has 132 valence electrons. The van der Waals surface area contributed by atoms with Gasteiger partial charge in [0.2, 0.25) is 5.76 Å². The number of fused-ring (bicyclic) bond motifs is 1. The number of halogens is 1. The Hall–Kier alpha value is -3.19. The first-order valence-corrected chi connectivity index (χ1v) is 7.94. The van der Waals surface area contributed by atoms with Crippen molar-refractivity contribution in [3.63, 3.8) is 0 Å². The van der Waals surface area contributed by atoms with Crippen LogP contribution in [0.1, 0.15) is 16.1 Å². The molecule has 0 saturated carbocycles. The van der Waals surface area contributed by atoms with Gasteiger partial charge in [-0.05, 0) is 31.2 Å². The predicted octanol–water partition coefficient (Wildman–Crippen LogP) is 2.95. The summed E-state index contributed by atoms with van der Waals surface area (Å²) in [7, 11) is 0. The number of esters is 1. The Morgan fingerprint density at radius 1 is 1.27 bits per heavy atom. The van der Waals surface area contributed by atoms with Crippen molar-refractivity contribution in [1.82, 2.24) is 4.98 Å². The van der Waals surface area contributed by atoms with Crippen molar-refractivity contribution in [2.45, 2.75) is 6.92 Å². The van der Waals surface area contributed by atoms with Crippen LogP contribution in [0.3, 0.4) is 0 Å². The quantitative estimate of drug-likeness (QED) is 0.558. The second-order valence-corrected chi connectivity index (χ2v) is 5.80. The number of hydrogen-bond donors (Lipinski definition) is 1. The molecular weight excluding hydrogens is 360 g/mol. The molecule has 0 saturated heterocycles. The van der Waals surface area contributed by atoms with E-state index in [9.17, 15) is 14.4 Å². The van der Waals surface area contributed by atoms with Crippen LogP contribution in [0.5, 0.6) is 0 Å². The monoisotopic (exact) mass is 372 g/mol. The SMILES string of the molecule is Cc1ccc2oc(C(=O)OCC(=O)Nc3cccnc3Cl)cc(=O)c2c1. The molecule has 0 bridgehead atoms. The van der Waals surface area contributed by atoms with E-state index in [0.29, 0.717) is 11.1 Å². The zero-order valence-electron chi connectivity index (χ0n) is 13.6. The van der Waals surface area contributed by atoms with Crippen LogP contribution in [-0.4, -0.2) is 23.5 Å². The minimum Gasteiger partial charge on any atom is -0.450 e. The lowest BCUT2D eigenvalue weighted by molar-refractivity contribution is -0.119. The van der Waals surface area contributed by atoms with E-state index in [1.54, 1.807) is 30.3 Å². The zero-order chi connectivity index (χ0) is 18.7. The number of ether oxygens (including phenoxy) is 1. The molecule has 0 spiro atoms. The normalized spacial score (nSPS) is 10.5. The molecule has 7 nitrogen and oxygen atoms in total. The lowest BCUT2D eigenvalue weighted by Crippen LogP contribution is -2.21. The molecular formula is C18H13ClN2O5. The van der Waals surface area contributed by atoms with Gasteiger partial charge < -0.3 is 14.5 Å². The fourth-order valence-electron chi connectivity index (χ4n) is 2.24. The van der Waals surface area contributed by atoms with E-state index in [1.807, 2.05) is 6.92 Å². The molecule has 0 aliphatic heterocycles. The van der Waals surface area contributed by atoms with Crippen LogP contribution in [0, 0.1) is 6.92 Å². The van der Waals surface area contributed by atoms with E-state index in [4.69, 9.17) is 20.8 Å². The number of nitrogens with one attached hydrogen (secondary N) is 1. The average Bonchev–Trinajstić information content (AvgIpc) is 2.62. The van der Waals surface area contributed by atoms with Gasteiger partial charge in [-0.1, -0.05) is 23.2 Å². The van der Waals surface area contributed by atoms with Crippen molar-refractivity contribution in [1.29, 1.82) is 0 Å². The van der Waals surface area contributed by atoms with Crippen molar-refractivity contribution < 1.29 is 18.7 Å². The first kappa shape index (κ1) is 17.6. The van der Waals surface area contributed by atoms with Crippen LogP contribution in [-0.2, 0) is 9.53 Å². The fourth-order valence-corrected chi connectivity index (χ4v) is 2.41.